The zero-order chi connectivity index (χ0) is 15.4. The van der Waals surface area contributed by atoms with Crippen molar-refractivity contribution in [2.45, 2.75) is 12.5 Å². The van der Waals surface area contributed by atoms with Crippen LogP contribution in [-0.4, -0.2) is 40.3 Å². The Kier molecular flexibility index (Phi) is 4.39. The first kappa shape index (κ1) is 14.6. The van der Waals surface area contributed by atoms with E-state index in [-0.39, 0.29) is 12.1 Å². The molecule has 0 radical (unpaired) electrons. The van der Waals surface area contributed by atoms with Crippen LogP contribution in [0.25, 0.3) is 0 Å². The van der Waals surface area contributed by atoms with Gasteiger partial charge in [0.15, 0.2) is 0 Å². The molecule has 1 aromatic carbocycles. The van der Waals surface area contributed by atoms with Gasteiger partial charge in [-0.3, -0.25) is 0 Å². The van der Waals surface area contributed by atoms with Crippen LogP contribution in [0.3, 0.4) is 0 Å². The van der Waals surface area contributed by atoms with Gasteiger partial charge < -0.3 is 15.0 Å². The second kappa shape index (κ2) is 6.62. The van der Waals surface area contributed by atoms with Crippen LogP contribution in [0.15, 0.2) is 42.6 Å². The standard InChI is InChI=1S/C15H15ClN4O2/c16-11-3-1-4-12(9-11)18-15(21)20-8-6-13(10-20)22-14-5-2-7-17-19-14/h1-5,7,9,13H,6,8,10H2,(H,18,21). The molecule has 114 valence electrons. The van der Waals surface area contributed by atoms with Gasteiger partial charge in [-0.25, -0.2) is 4.79 Å². The molecule has 22 heavy (non-hydrogen) atoms. The van der Waals surface area contributed by atoms with Crippen molar-refractivity contribution in [3.63, 3.8) is 0 Å². The Morgan fingerprint density at radius 1 is 1.36 bits per heavy atom. The highest BCUT2D eigenvalue weighted by atomic mass is 35.5. The summed E-state index contributed by atoms with van der Waals surface area (Å²) in [5.74, 6) is 0.476. The highest BCUT2D eigenvalue weighted by Crippen LogP contribution is 2.19. The fourth-order valence-electron chi connectivity index (χ4n) is 2.30. The molecule has 0 spiro atoms. The third kappa shape index (κ3) is 3.65. The lowest BCUT2D eigenvalue weighted by Crippen LogP contribution is -2.34. The number of aromatic nitrogens is 2. The summed E-state index contributed by atoms with van der Waals surface area (Å²) in [7, 11) is 0. The van der Waals surface area contributed by atoms with Crippen molar-refractivity contribution in [2.24, 2.45) is 0 Å². The molecular formula is C15H15ClN4O2. The van der Waals surface area contributed by atoms with E-state index in [1.165, 1.54) is 0 Å². The summed E-state index contributed by atoms with van der Waals surface area (Å²) in [6.45, 7) is 1.15. The Morgan fingerprint density at radius 2 is 2.27 bits per heavy atom. The maximum absolute atomic E-state index is 12.2. The number of hydrogen-bond acceptors (Lipinski definition) is 4. The molecule has 1 N–H and O–H groups in total. The van der Waals surface area contributed by atoms with Crippen LogP contribution < -0.4 is 10.1 Å². The molecule has 0 saturated carbocycles. The number of carbonyl (C=O) groups is 1. The Morgan fingerprint density at radius 3 is 3.05 bits per heavy atom. The molecule has 1 aliphatic rings. The Bertz CT molecular complexity index is 653. The van der Waals surface area contributed by atoms with Crippen molar-refractivity contribution < 1.29 is 9.53 Å². The van der Waals surface area contributed by atoms with E-state index in [1.807, 2.05) is 0 Å². The number of halogens is 1. The molecule has 2 aromatic rings. The van der Waals surface area contributed by atoms with Crippen LogP contribution in [0.2, 0.25) is 5.02 Å². The van der Waals surface area contributed by atoms with Crippen LogP contribution in [0.5, 0.6) is 5.88 Å². The summed E-state index contributed by atoms with van der Waals surface area (Å²) in [5.41, 5.74) is 0.677. The average Bonchev–Trinajstić information content (AvgIpc) is 2.97. The zero-order valence-corrected chi connectivity index (χ0v) is 12.5. The molecule has 7 heteroatoms. The minimum absolute atomic E-state index is 0.0678. The summed E-state index contributed by atoms with van der Waals surface area (Å²) in [6.07, 6.45) is 2.29. The first-order chi connectivity index (χ1) is 10.7. The average molecular weight is 319 g/mol. The van der Waals surface area contributed by atoms with Gasteiger partial charge in [0, 0.05) is 35.9 Å². The van der Waals surface area contributed by atoms with Gasteiger partial charge in [-0.15, -0.1) is 5.10 Å². The predicted molar refractivity (Wildman–Crippen MR) is 83.1 cm³/mol. The van der Waals surface area contributed by atoms with Gasteiger partial charge in [-0.2, -0.15) is 5.10 Å². The normalized spacial score (nSPS) is 17.3. The molecule has 3 rings (SSSR count). The summed E-state index contributed by atoms with van der Waals surface area (Å²) in [5, 5.41) is 11.1. The van der Waals surface area contributed by atoms with E-state index in [2.05, 4.69) is 15.5 Å². The molecule has 1 aliphatic heterocycles. The number of urea groups is 1. The molecule has 1 unspecified atom stereocenters. The van der Waals surface area contributed by atoms with E-state index in [9.17, 15) is 4.79 Å². The monoisotopic (exact) mass is 318 g/mol. The molecule has 1 aromatic heterocycles. The Labute approximate surface area is 133 Å². The van der Waals surface area contributed by atoms with Crippen LogP contribution in [0.1, 0.15) is 6.42 Å². The van der Waals surface area contributed by atoms with Gasteiger partial charge >= 0.3 is 6.03 Å². The number of nitrogens with one attached hydrogen (secondary N) is 1. The van der Waals surface area contributed by atoms with Crippen molar-refractivity contribution in [3.05, 3.63) is 47.6 Å². The van der Waals surface area contributed by atoms with Crippen molar-refractivity contribution >= 4 is 23.3 Å². The van der Waals surface area contributed by atoms with Crippen LogP contribution in [0.4, 0.5) is 10.5 Å². The number of benzene rings is 1. The van der Waals surface area contributed by atoms with Crippen LogP contribution in [-0.2, 0) is 0 Å². The summed E-state index contributed by atoms with van der Waals surface area (Å²) in [4.78, 5) is 13.9. The van der Waals surface area contributed by atoms with Gasteiger partial charge in [0.25, 0.3) is 0 Å². The van der Waals surface area contributed by atoms with Crippen LogP contribution >= 0.6 is 11.6 Å². The molecule has 2 amide bonds. The minimum Gasteiger partial charge on any atom is -0.471 e. The maximum atomic E-state index is 12.2. The van der Waals surface area contributed by atoms with Gasteiger partial charge in [0.1, 0.15) is 6.10 Å². The lowest BCUT2D eigenvalue weighted by atomic mass is 10.3. The summed E-state index contributed by atoms with van der Waals surface area (Å²) in [6, 6.07) is 10.4. The van der Waals surface area contributed by atoms with E-state index in [0.717, 1.165) is 6.42 Å². The Hall–Kier alpha value is -2.34. The van der Waals surface area contributed by atoms with Gasteiger partial charge in [-0.05, 0) is 24.3 Å². The van der Waals surface area contributed by atoms with E-state index >= 15 is 0 Å². The summed E-state index contributed by atoms with van der Waals surface area (Å²) >= 11 is 5.90. The molecule has 1 fully saturated rings. The van der Waals surface area contributed by atoms with E-state index in [0.29, 0.717) is 29.7 Å². The van der Waals surface area contributed by atoms with Crippen LogP contribution in [0, 0.1) is 0 Å². The molecule has 1 saturated heterocycles. The molecule has 0 aliphatic carbocycles. The van der Waals surface area contributed by atoms with Gasteiger partial charge in [0.2, 0.25) is 5.88 Å². The number of ether oxygens (including phenoxy) is 1. The highest BCUT2D eigenvalue weighted by Gasteiger charge is 2.28. The van der Waals surface area contributed by atoms with Crippen molar-refractivity contribution in [2.75, 3.05) is 18.4 Å². The maximum Gasteiger partial charge on any atom is 0.321 e. The molecular weight excluding hydrogens is 304 g/mol. The molecule has 1 atom stereocenters. The highest BCUT2D eigenvalue weighted by molar-refractivity contribution is 6.30. The second-order valence-corrected chi connectivity index (χ2v) is 5.41. The second-order valence-electron chi connectivity index (χ2n) is 4.98. The van der Waals surface area contributed by atoms with Crippen molar-refractivity contribution in [3.8, 4) is 5.88 Å². The van der Waals surface area contributed by atoms with Gasteiger partial charge in [0.05, 0.1) is 6.54 Å². The number of carbonyl (C=O) groups excluding carboxylic acids is 1. The summed E-state index contributed by atoms with van der Waals surface area (Å²) < 4.78 is 5.71. The largest absolute Gasteiger partial charge is 0.471 e. The first-order valence-corrected chi connectivity index (χ1v) is 7.34. The molecule has 0 bridgehead atoms. The third-order valence-corrected chi connectivity index (χ3v) is 3.58. The topological polar surface area (TPSA) is 67.4 Å². The number of rotatable bonds is 3. The molecule has 2 heterocycles. The van der Waals surface area contributed by atoms with Gasteiger partial charge in [-0.1, -0.05) is 17.7 Å². The van der Waals surface area contributed by atoms with E-state index in [4.69, 9.17) is 16.3 Å². The number of anilines is 1. The quantitative estimate of drug-likeness (QED) is 0.945. The third-order valence-electron chi connectivity index (χ3n) is 3.34. The lowest BCUT2D eigenvalue weighted by Gasteiger charge is -2.17. The number of hydrogen-bond donors (Lipinski definition) is 1. The predicted octanol–water partition coefficient (Wildman–Crippen LogP) is 2.82. The van der Waals surface area contributed by atoms with Crippen molar-refractivity contribution in [1.82, 2.24) is 15.1 Å². The number of amides is 2. The Balaban J connectivity index is 1.55. The fraction of sp³-hybridized carbons (Fsp3) is 0.267. The van der Waals surface area contributed by atoms with E-state index in [1.54, 1.807) is 47.5 Å². The first-order valence-electron chi connectivity index (χ1n) is 6.96. The molecule has 6 nitrogen and oxygen atoms in total. The number of nitrogens with zero attached hydrogens (tertiary/aromatic N) is 3. The zero-order valence-electron chi connectivity index (χ0n) is 11.8. The minimum atomic E-state index is -0.160. The van der Waals surface area contributed by atoms with E-state index < -0.39 is 0 Å². The van der Waals surface area contributed by atoms with Crippen molar-refractivity contribution in [1.29, 1.82) is 0 Å². The number of likely N-dealkylation sites (tertiary alicyclic amines) is 1. The SMILES string of the molecule is O=C(Nc1cccc(Cl)c1)N1CCC(Oc2cccnn2)C1. The smallest absolute Gasteiger partial charge is 0.321 e. The lowest BCUT2D eigenvalue weighted by molar-refractivity contribution is 0.188. The fourth-order valence-corrected chi connectivity index (χ4v) is 2.49.